The van der Waals surface area contributed by atoms with E-state index in [1.165, 1.54) is 0 Å². The van der Waals surface area contributed by atoms with Crippen molar-refractivity contribution >= 4 is 18.0 Å². The van der Waals surface area contributed by atoms with Crippen LogP contribution < -0.4 is 5.32 Å². The normalized spacial score (nSPS) is 19.7. The number of hydrogen-bond acceptors (Lipinski definition) is 4. The number of fused-ring (bicyclic) bond motifs is 3. The van der Waals surface area contributed by atoms with Crippen LogP contribution in [0.25, 0.3) is 11.1 Å². The van der Waals surface area contributed by atoms with Crippen molar-refractivity contribution < 1.29 is 24.2 Å². The molecule has 3 atom stereocenters. The van der Waals surface area contributed by atoms with Gasteiger partial charge >= 0.3 is 12.1 Å². The van der Waals surface area contributed by atoms with Crippen molar-refractivity contribution in [3.8, 4) is 11.1 Å². The Morgan fingerprint density at radius 1 is 1.12 bits per heavy atom. The first-order chi connectivity index (χ1) is 16.4. The largest absolute Gasteiger partial charge is 0.481 e. The molecule has 0 aromatic heterocycles. The van der Waals surface area contributed by atoms with Gasteiger partial charge in [0.15, 0.2) is 0 Å². The third-order valence-electron chi connectivity index (χ3n) is 6.85. The lowest BCUT2D eigenvalue weighted by molar-refractivity contribution is -0.138. The number of aliphatic carboxylic acids is 1. The van der Waals surface area contributed by atoms with Crippen LogP contribution in [0.1, 0.15) is 36.8 Å². The third-order valence-corrected chi connectivity index (χ3v) is 6.85. The molecule has 2 amide bonds. The molecule has 178 valence electrons. The Bertz CT molecular complexity index is 1050. The van der Waals surface area contributed by atoms with Gasteiger partial charge in [-0.05, 0) is 40.5 Å². The summed E-state index contributed by atoms with van der Waals surface area (Å²) in [7, 11) is 0. The molecule has 1 saturated heterocycles. The molecule has 34 heavy (non-hydrogen) atoms. The second-order valence-corrected chi connectivity index (χ2v) is 9.13. The maximum absolute atomic E-state index is 13.1. The number of carboxylic acids is 1. The van der Waals surface area contributed by atoms with Crippen LogP contribution >= 0.6 is 0 Å². The van der Waals surface area contributed by atoms with Gasteiger partial charge in [-0.25, -0.2) is 4.79 Å². The molecule has 0 spiro atoms. The summed E-state index contributed by atoms with van der Waals surface area (Å²) >= 11 is 0. The summed E-state index contributed by atoms with van der Waals surface area (Å²) in [5.74, 6) is -1.19. The monoisotopic (exact) mass is 462 g/mol. The first-order valence-corrected chi connectivity index (χ1v) is 11.6. The molecule has 1 aliphatic carbocycles. The Labute approximate surface area is 199 Å². The number of nitrogens with one attached hydrogen (secondary N) is 1. The van der Waals surface area contributed by atoms with E-state index < -0.39 is 18.1 Å². The summed E-state index contributed by atoms with van der Waals surface area (Å²) in [6.07, 6.45) is 1.21. The van der Waals surface area contributed by atoms with E-state index in [0.29, 0.717) is 13.1 Å². The summed E-state index contributed by atoms with van der Waals surface area (Å²) in [5.41, 5.74) is 4.52. The number of carbonyl (C=O) groups is 3. The molecule has 0 bridgehead atoms. The van der Waals surface area contributed by atoms with E-state index in [1.807, 2.05) is 43.3 Å². The van der Waals surface area contributed by atoms with E-state index in [9.17, 15) is 14.4 Å². The van der Waals surface area contributed by atoms with Gasteiger partial charge in [-0.2, -0.15) is 0 Å². The number of nitrogens with zero attached hydrogens (tertiary/aromatic N) is 1. The highest BCUT2D eigenvalue weighted by atomic mass is 16.5. The van der Waals surface area contributed by atoms with Crippen molar-refractivity contribution in [2.24, 2.45) is 11.8 Å². The van der Waals surface area contributed by atoms with Crippen LogP contribution in [0.3, 0.4) is 0 Å². The fourth-order valence-corrected chi connectivity index (χ4v) is 5.10. The quantitative estimate of drug-likeness (QED) is 0.578. The number of hydrogen-bond donors (Lipinski definition) is 2. The summed E-state index contributed by atoms with van der Waals surface area (Å²) in [6.45, 7) is 6.65. The molecular weight excluding hydrogens is 432 g/mol. The van der Waals surface area contributed by atoms with Gasteiger partial charge in [0, 0.05) is 19.0 Å². The summed E-state index contributed by atoms with van der Waals surface area (Å²) in [4.78, 5) is 38.5. The molecule has 2 aliphatic rings. The van der Waals surface area contributed by atoms with Crippen LogP contribution in [0.5, 0.6) is 0 Å². The van der Waals surface area contributed by atoms with Gasteiger partial charge < -0.3 is 20.1 Å². The van der Waals surface area contributed by atoms with Gasteiger partial charge in [0.1, 0.15) is 12.6 Å². The Hall–Kier alpha value is -3.61. The molecule has 0 saturated carbocycles. The lowest BCUT2D eigenvalue weighted by Gasteiger charge is -2.24. The minimum Gasteiger partial charge on any atom is -0.481 e. The van der Waals surface area contributed by atoms with Crippen LogP contribution in [-0.2, 0) is 14.3 Å². The number of carbonyl (C=O) groups excluding carboxylic acids is 2. The average molecular weight is 463 g/mol. The second-order valence-electron chi connectivity index (χ2n) is 9.13. The topological polar surface area (TPSA) is 95.9 Å². The highest BCUT2D eigenvalue weighted by Crippen LogP contribution is 2.44. The molecule has 0 radical (unpaired) electrons. The summed E-state index contributed by atoms with van der Waals surface area (Å²) in [6, 6.07) is 15.4. The smallest absolute Gasteiger partial charge is 0.407 e. The first kappa shape index (κ1) is 23.5. The van der Waals surface area contributed by atoms with Gasteiger partial charge in [0.2, 0.25) is 5.91 Å². The number of carboxylic acid groups (broad SMARTS) is 1. The van der Waals surface area contributed by atoms with E-state index >= 15 is 0 Å². The first-order valence-electron chi connectivity index (χ1n) is 11.6. The number of rotatable bonds is 8. The number of ether oxygens (including phenoxy) is 1. The molecule has 4 rings (SSSR count). The van der Waals surface area contributed by atoms with Crippen molar-refractivity contribution in [1.82, 2.24) is 10.2 Å². The van der Waals surface area contributed by atoms with E-state index in [2.05, 4.69) is 24.0 Å². The molecule has 1 heterocycles. The van der Waals surface area contributed by atoms with Crippen molar-refractivity contribution in [1.29, 1.82) is 0 Å². The highest BCUT2D eigenvalue weighted by Gasteiger charge is 2.37. The molecule has 1 unspecified atom stereocenters. The number of amides is 2. The predicted octanol–water partition coefficient (Wildman–Crippen LogP) is 4.04. The van der Waals surface area contributed by atoms with Crippen molar-refractivity contribution in [2.45, 2.75) is 31.7 Å². The lowest BCUT2D eigenvalue weighted by Crippen LogP contribution is -2.48. The summed E-state index contributed by atoms with van der Waals surface area (Å²) < 4.78 is 5.59. The average Bonchev–Trinajstić information content (AvgIpc) is 3.34. The van der Waals surface area contributed by atoms with E-state index in [1.54, 1.807) is 11.0 Å². The van der Waals surface area contributed by atoms with Gasteiger partial charge in [-0.3, -0.25) is 9.59 Å². The van der Waals surface area contributed by atoms with Crippen molar-refractivity contribution in [2.75, 3.05) is 19.7 Å². The number of alkyl carbamates (subject to hydrolysis) is 1. The van der Waals surface area contributed by atoms with Crippen LogP contribution in [-0.4, -0.2) is 53.7 Å². The number of benzene rings is 2. The minimum absolute atomic E-state index is 0.0247. The Balaban J connectivity index is 1.39. The Morgan fingerprint density at radius 2 is 1.74 bits per heavy atom. The molecule has 7 heteroatoms. The maximum atomic E-state index is 13.1. The lowest BCUT2D eigenvalue weighted by atomic mass is 9.95. The van der Waals surface area contributed by atoms with Gasteiger partial charge in [-0.15, -0.1) is 6.58 Å². The zero-order chi connectivity index (χ0) is 24.2. The minimum atomic E-state index is -0.870. The second kappa shape index (κ2) is 10.1. The standard InChI is InChI=1S/C27H30N2O5/c1-3-8-24(26(32)29-14-17(2)18(15-29)13-25(30)31)28-27(33)34-16-23-21-11-6-4-9-19(21)20-10-5-7-12-22(20)23/h3-7,9-12,17-18,23-24H,1,8,13-16H2,2H3,(H,28,33)(H,30,31)/t17-,18-,24?/m1/s1. The molecule has 7 nitrogen and oxygen atoms in total. The maximum Gasteiger partial charge on any atom is 0.407 e. The predicted molar refractivity (Wildman–Crippen MR) is 128 cm³/mol. The zero-order valence-corrected chi connectivity index (χ0v) is 19.3. The van der Waals surface area contributed by atoms with Gasteiger partial charge in [0.05, 0.1) is 6.42 Å². The van der Waals surface area contributed by atoms with E-state index in [-0.39, 0.29) is 43.1 Å². The fraction of sp³-hybridized carbons (Fsp3) is 0.370. The third kappa shape index (κ3) is 4.83. The number of likely N-dealkylation sites (tertiary alicyclic amines) is 1. The van der Waals surface area contributed by atoms with E-state index in [0.717, 1.165) is 22.3 Å². The fourth-order valence-electron chi connectivity index (χ4n) is 5.10. The molecular formula is C27H30N2O5. The van der Waals surface area contributed by atoms with Gasteiger partial charge in [-0.1, -0.05) is 61.5 Å². The molecule has 1 aliphatic heterocycles. The summed E-state index contributed by atoms with van der Waals surface area (Å²) in [5, 5.41) is 11.8. The molecule has 1 fully saturated rings. The van der Waals surface area contributed by atoms with Crippen LogP contribution in [0.4, 0.5) is 4.79 Å². The van der Waals surface area contributed by atoms with Gasteiger partial charge in [0.25, 0.3) is 0 Å². The Kier molecular flexibility index (Phi) is 7.01. The van der Waals surface area contributed by atoms with Crippen LogP contribution in [0.2, 0.25) is 0 Å². The zero-order valence-electron chi connectivity index (χ0n) is 19.3. The Morgan fingerprint density at radius 3 is 2.32 bits per heavy atom. The highest BCUT2D eigenvalue weighted by molar-refractivity contribution is 5.86. The molecule has 2 aromatic rings. The van der Waals surface area contributed by atoms with Crippen LogP contribution in [0, 0.1) is 11.8 Å². The van der Waals surface area contributed by atoms with E-state index in [4.69, 9.17) is 9.84 Å². The molecule has 2 N–H and O–H groups in total. The van der Waals surface area contributed by atoms with Crippen molar-refractivity contribution in [3.63, 3.8) is 0 Å². The molecule has 2 aromatic carbocycles. The SMILES string of the molecule is C=CCC(NC(=O)OCC1c2ccccc2-c2ccccc21)C(=O)N1C[C@@H](CC(=O)O)[C@H](C)C1. The van der Waals surface area contributed by atoms with Crippen molar-refractivity contribution in [3.05, 3.63) is 72.3 Å². The van der Waals surface area contributed by atoms with Crippen LogP contribution in [0.15, 0.2) is 61.2 Å².